The highest BCUT2D eigenvalue weighted by Crippen LogP contribution is 2.39. The summed E-state index contributed by atoms with van der Waals surface area (Å²) in [4.78, 5) is 9.07. The van der Waals surface area contributed by atoms with Gasteiger partial charge in [-0.3, -0.25) is 4.98 Å². The second kappa shape index (κ2) is 7.68. The highest BCUT2D eigenvalue weighted by atomic mass is 32.1. The molecule has 2 aromatic heterocycles. The van der Waals surface area contributed by atoms with E-state index in [-0.39, 0.29) is 0 Å². The van der Waals surface area contributed by atoms with Crippen molar-refractivity contribution in [3.8, 4) is 32.1 Å². The molecule has 0 unspecified atom stereocenters. The lowest BCUT2D eigenvalue weighted by Gasteiger charge is -2.12. The minimum absolute atomic E-state index is 1.01. The molecule has 0 N–H and O–H groups in total. The van der Waals surface area contributed by atoms with Crippen molar-refractivity contribution in [1.82, 2.24) is 4.98 Å². The van der Waals surface area contributed by atoms with Crippen molar-refractivity contribution in [3.05, 3.63) is 91.1 Å². The van der Waals surface area contributed by atoms with Crippen LogP contribution in [0.25, 0.3) is 32.1 Å². The predicted molar refractivity (Wildman–Crippen MR) is 117 cm³/mol. The van der Waals surface area contributed by atoms with Gasteiger partial charge in [-0.1, -0.05) is 36.4 Å². The Morgan fingerprint density at radius 3 is 2.11 bits per heavy atom. The topological polar surface area (TPSA) is 16.1 Å². The number of benzene rings is 2. The Morgan fingerprint density at radius 2 is 1.44 bits per heavy atom. The van der Waals surface area contributed by atoms with Crippen LogP contribution in [-0.2, 0) is 0 Å². The molecule has 2 heterocycles. The zero-order chi connectivity index (χ0) is 18.6. The van der Waals surface area contributed by atoms with Crippen molar-refractivity contribution in [1.29, 1.82) is 0 Å². The summed E-state index contributed by atoms with van der Waals surface area (Å²) in [5, 5.41) is 0. The molecule has 132 valence electrons. The molecular formula is C24H21N2S+. The van der Waals surface area contributed by atoms with Gasteiger partial charge in [0.1, 0.15) is 5.69 Å². The molecule has 4 aromatic rings. The van der Waals surface area contributed by atoms with E-state index in [0.29, 0.717) is 0 Å². The number of nitrogens with zero attached hydrogens (tertiary/aromatic N) is 2. The second-order valence-electron chi connectivity index (χ2n) is 6.56. The largest absolute Gasteiger partial charge is 0.378 e. The first-order valence-corrected chi connectivity index (χ1v) is 9.76. The van der Waals surface area contributed by atoms with Crippen LogP contribution in [0.15, 0.2) is 91.1 Å². The van der Waals surface area contributed by atoms with Crippen LogP contribution in [0.5, 0.6) is 0 Å². The van der Waals surface area contributed by atoms with Crippen LogP contribution in [0, 0.1) is 0 Å². The number of anilines is 1. The smallest absolute Gasteiger partial charge is 0.257 e. The van der Waals surface area contributed by atoms with Gasteiger partial charge in [-0.15, -0.1) is 0 Å². The lowest BCUT2D eigenvalue weighted by molar-refractivity contribution is 1.13. The van der Waals surface area contributed by atoms with Crippen LogP contribution in [0.2, 0.25) is 0 Å². The molecule has 0 aliphatic carbocycles. The molecule has 2 nitrogen and oxygen atoms in total. The highest BCUT2D eigenvalue weighted by molar-refractivity contribution is 7.18. The molecule has 0 amide bonds. The first kappa shape index (κ1) is 17.4. The molecule has 0 bridgehead atoms. The van der Waals surface area contributed by atoms with E-state index in [0.717, 1.165) is 5.69 Å². The van der Waals surface area contributed by atoms with Gasteiger partial charge in [0.25, 0.3) is 4.88 Å². The van der Waals surface area contributed by atoms with Crippen molar-refractivity contribution < 1.29 is 0 Å². The molecular weight excluding hydrogens is 348 g/mol. The Morgan fingerprint density at radius 1 is 0.704 bits per heavy atom. The standard InChI is InChI=1S/C24H21N2S/c1-26(2)20-13-11-18(12-14-20)21-15-16-23(22-10-6-7-17-25-22)27-24(21)19-8-4-3-5-9-19/h3-17H,1-2H3/q+1. The normalized spacial score (nSPS) is 10.6. The Labute approximate surface area is 164 Å². The summed E-state index contributed by atoms with van der Waals surface area (Å²) >= 11 is 1.79. The van der Waals surface area contributed by atoms with Gasteiger partial charge in [-0.2, -0.15) is 0 Å². The Kier molecular flexibility index (Phi) is 4.95. The summed E-state index contributed by atoms with van der Waals surface area (Å²) < 4.78 is 0. The third-order valence-corrected chi connectivity index (χ3v) is 5.73. The van der Waals surface area contributed by atoms with E-state index in [4.69, 9.17) is 0 Å². The fraction of sp³-hybridized carbons (Fsp3) is 0.0833. The third-order valence-electron chi connectivity index (χ3n) is 4.51. The van der Waals surface area contributed by atoms with Crippen molar-refractivity contribution >= 4 is 17.0 Å². The van der Waals surface area contributed by atoms with E-state index in [9.17, 15) is 0 Å². The van der Waals surface area contributed by atoms with Gasteiger partial charge in [-0.25, -0.2) is 0 Å². The maximum absolute atomic E-state index is 4.52. The lowest BCUT2D eigenvalue weighted by atomic mass is 10.0. The number of rotatable bonds is 4. The number of aromatic nitrogens is 1. The molecule has 0 saturated heterocycles. The maximum atomic E-state index is 4.52. The van der Waals surface area contributed by atoms with Crippen molar-refractivity contribution in [2.24, 2.45) is 0 Å². The predicted octanol–water partition coefficient (Wildman–Crippen LogP) is 6.49. The van der Waals surface area contributed by atoms with Gasteiger partial charge in [0.05, 0.1) is 0 Å². The molecule has 4 rings (SSSR count). The second-order valence-corrected chi connectivity index (χ2v) is 7.62. The molecule has 3 heteroatoms. The zero-order valence-corrected chi connectivity index (χ0v) is 16.3. The van der Waals surface area contributed by atoms with E-state index in [1.807, 2.05) is 18.3 Å². The van der Waals surface area contributed by atoms with Crippen LogP contribution in [0.1, 0.15) is 0 Å². The zero-order valence-electron chi connectivity index (χ0n) is 15.5. The van der Waals surface area contributed by atoms with Gasteiger partial charge in [-0.05, 0) is 48.0 Å². The van der Waals surface area contributed by atoms with E-state index in [2.05, 4.69) is 96.8 Å². The SMILES string of the molecule is CN(C)c1ccc(-c2ccc(-c3ccccn3)[s+]c2-c2ccccc2)cc1. The fourth-order valence-corrected chi connectivity index (χ4v) is 4.18. The summed E-state index contributed by atoms with van der Waals surface area (Å²) in [5.41, 5.74) is 5.91. The molecule has 0 saturated carbocycles. The van der Waals surface area contributed by atoms with Crippen molar-refractivity contribution in [2.45, 2.75) is 0 Å². The molecule has 0 fully saturated rings. The minimum Gasteiger partial charge on any atom is -0.378 e. The van der Waals surface area contributed by atoms with Crippen molar-refractivity contribution in [2.75, 3.05) is 19.0 Å². The summed E-state index contributed by atoms with van der Waals surface area (Å²) in [5.74, 6) is 0. The van der Waals surface area contributed by atoms with Gasteiger partial charge >= 0.3 is 0 Å². The highest BCUT2D eigenvalue weighted by Gasteiger charge is 2.22. The first-order valence-electron chi connectivity index (χ1n) is 8.94. The Bertz CT molecular complexity index is 1030. The van der Waals surface area contributed by atoms with Gasteiger partial charge in [0.2, 0.25) is 16.2 Å². The summed E-state index contributed by atoms with van der Waals surface area (Å²) in [7, 11) is 4.13. The minimum atomic E-state index is 1.01. The first-order chi connectivity index (χ1) is 13.2. The lowest BCUT2D eigenvalue weighted by Crippen LogP contribution is -2.07. The molecule has 0 aliphatic heterocycles. The Balaban J connectivity index is 1.86. The quantitative estimate of drug-likeness (QED) is 0.382. The van der Waals surface area contributed by atoms with Crippen LogP contribution < -0.4 is 4.90 Å². The van der Waals surface area contributed by atoms with Crippen LogP contribution in [0.3, 0.4) is 0 Å². The number of pyridine rings is 1. The average molecular weight is 370 g/mol. The Hall–Kier alpha value is -3.04. The average Bonchev–Trinajstić information content (AvgIpc) is 2.75. The monoisotopic (exact) mass is 369 g/mol. The van der Waals surface area contributed by atoms with Gasteiger partial charge in [0, 0.05) is 43.2 Å². The van der Waals surface area contributed by atoms with Gasteiger partial charge in [0.15, 0.2) is 0 Å². The van der Waals surface area contributed by atoms with Crippen LogP contribution in [-0.4, -0.2) is 19.1 Å². The number of hydrogen-bond donors (Lipinski definition) is 0. The summed E-state index contributed by atoms with van der Waals surface area (Å²) in [6, 6.07) is 29.8. The molecule has 0 aliphatic rings. The molecule has 27 heavy (non-hydrogen) atoms. The molecule has 0 spiro atoms. The van der Waals surface area contributed by atoms with Crippen LogP contribution >= 0.6 is 11.3 Å². The molecule has 0 radical (unpaired) electrons. The third kappa shape index (κ3) is 3.74. The van der Waals surface area contributed by atoms with Crippen LogP contribution in [0.4, 0.5) is 5.69 Å². The van der Waals surface area contributed by atoms with E-state index in [1.54, 1.807) is 11.3 Å². The summed E-state index contributed by atoms with van der Waals surface area (Å²) in [6.07, 6.45) is 1.85. The fourth-order valence-electron chi connectivity index (χ4n) is 3.05. The number of hydrogen-bond acceptors (Lipinski definition) is 2. The maximum Gasteiger partial charge on any atom is 0.257 e. The van der Waals surface area contributed by atoms with Crippen molar-refractivity contribution in [3.63, 3.8) is 0 Å². The molecule has 0 atom stereocenters. The molecule has 2 aromatic carbocycles. The van der Waals surface area contributed by atoms with E-state index >= 15 is 0 Å². The van der Waals surface area contributed by atoms with E-state index in [1.165, 1.54) is 32.1 Å². The summed E-state index contributed by atoms with van der Waals surface area (Å²) in [6.45, 7) is 0. The van der Waals surface area contributed by atoms with E-state index < -0.39 is 0 Å². The van der Waals surface area contributed by atoms with Gasteiger partial charge < -0.3 is 4.90 Å².